The maximum absolute atomic E-state index is 11.1. The quantitative estimate of drug-likeness (QED) is 0.592. The summed E-state index contributed by atoms with van der Waals surface area (Å²) in [6.07, 6.45) is 0. The second kappa shape index (κ2) is 4.87. The summed E-state index contributed by atoms with van der Waals surface area (Å²) in [4.78, 5) is 28.7. The van der Waals surface area contributed by atoms with Crippen LogP contribution in [0.5, 0.6) is 0 Å². The van der Waals surface area contributed by atoms with Gasteiger partial charge >= 0.3 is 13.6 Å². The fraction of sp³-hybridized carbons (Fsp3) is 0.300. The molecule has 0 heterocycles. The maximum Gasteiger partial charge on any atom is 0.356 e. The van der Waals surface area contributed by atoms with Gasteiger partial charge in [-0.05, 0) is 37.6 Å². The average Bonchev–Trinajstić information content (AvgIpc) is 2.15. The van der Waals surface area contributed by atoms with Crippen molar-refractivity contribution >= 4 is 24.6 Å². The van der Waals surface area contributed by atoms with Crippen LogP contribution in [0.3, 0.4) is 0 Å². The van der Waals surface area contributed by atoms with Gasteiger partial charge in [0.2, 0.25) is 0 Å². The summed E-state index contributed by atoms with van der Waals surface area (Å²) in [5.41, 5.74) is 0.926. The Balaban J connectivity index is 2.98. The SMILES string of the molecule is Cc1cc(NC(C)C(=O)O)ccc1P(=O)(O)O. The molecule has 1 atom stereocenters. The van der Waals surface area contributed by atoms with Gasteiger partial charge in [-0.3, -0.25) is 9.36 Å². The molecule has 4 N–H and O–H groups in total. The number of aliphatic carboxylic acids is 1. The first-order chi connectivity index (χ1) is 7.71. The van der Waals surface area contributed by atoms with Gasteiger partial charge in [0.15, 0.2) is 0 Å². The Kier molecular flexibility index (Phi) is 3.93. The van der Waals surface area contributed by atoms with Gasteiger partial charge in [-0.2, -0.15) is 0 Å². The van der Waals surface area contributed by atoms with Crippen molar-refractivity contribution in [3.63, 3.8) is 0 Å². The number of carboxylic acid groups (broad SMARTS) is 1. The molecule has 0 spiro atoms. The largest absolute Gasteiger partial charge is 0.480 e. The van der Waals surface area contributed by atoms with E-state index in [9.17, 15) is 9.36 Å². The molecule has 0 radical (unpaired) electrons. The van der Waals surface area contributed by atoms with Crippen LogP contribution in [0.2, 0.25) is 0 Å². The lowest BCUT2D eigenvalue weighted by Gasteiger charge is -2.13. The van der Waals surface area contributed by atoms with Crippen molar-refractivity contribution in [2.24, 2.45) is 0 Å². The topological polar surface area (TPSA) is 107 Å². The molecular formula is C10H14NO5P. The molecular weight excluding hydrogens is 245 g/mol. The Morgan fingerprint density at radius 1 is 1.41 bits per heavy atom. The normalized spacial score (nSPS) is 13.2. The second-order valence-electron chi connectivity index (χ2n) is 3.75. The number of carbonyl (C=O) groups is 1. The highest BCUT2D eigenvalue weighted by Crippen LogP contribution is 2.35. The zero-order valence-corrected chi connectivity index (χ0v) is 10.3. The fourth-order valence-electron chi connectivity index (χ4n) is 1.38. The first kappa shape index (κ1) is 13.7. The number of aryl methyl sites for hydroxylation is 1. The van der Waals surface area contributed by atoms with Crippen molar-refractivity contribution < 1.29 is 24.3 Å². The van der Waals surface area contributed by atoms with Crippen LogP contribution in [0, 0.1) is 6.92 Å². The van der Waals surface area contributed by atoms with E-state index in [1.807, 2.05) is 0 Å². The van der Waals surface area contributed by atoms with Crippen LogP contribution < -0.4 is 10.6 Å². The highest BCUT2D eigenvalue weighted by atomic mass is 31.2. The van der Waals surface area contributed by atoms with Crippen molar-refractivity contribution in [2.45, 2.75) is 19.9 Å². The van der Waals surface area contributed by atoms with E-state index in [-0.39, 0.29) is 5.30 Å². The summed E-state index contributed by atoms with van der Waals surface area (Å²) < 4.78 is 11.1. The van der Waals surface area contributed by atoms with E-state index in [4.69, 9.17) is 14.9 Å². The number of benzene rings is 1. The number of nitrogens with one attached hydrogen (secondary N) is 1. The summed E-state index contributed by atoms with van der Waals surface area (Å²) in [6, 6.07) is 3.48. The summed E-state index contributed by atoms with van der Waals surface area (Å²) in [6.45, 7) is 3.04. The van der Waals surface area contributed by atoms with E-state index < -0.39 is 19.6 Å². The molecule has 1 aromatic rings. The molecule has 1 unspecified atom stereocenters. The van der Waals surface area contributed by atoms with Gasteiger partial charge in [0.25, 0.3) is 0 Å². The molecule has 1 rings (SSSR count). The third-order valence-electron chi connectivity index (χ3n) is 2.26. The molecule has 0 fully saturated rings. The van der Waals surface area contributed by atoms with Crippen LogP contribution in [0.4, 0.5) is 5.69 Å². The molecule has 0 bridgehead atoms. The minimum atomic E-state index is -4.27. The number of carboxylic acids is 1. The van der Waals surface area contributed by atoms with Gasteiger partial charge in [0.1, 0.15) is 6.04 Å². The van der Waals surface area contributed by atoms with E-state index in [2.05, 4.69) is 5.32 Å². The molecule has 17 heavy (non-hydrogen) atoms. The smallest absolute Gasteiger partial charge is 0.356 e. The summed E-state index contributed by atoms with van der Waals surface area (Å²) in [5.74, 6) is -0.998. The number of rotatable bonds is 4. The summed E-state index contributed by atoms with van der Waals surface area (Å²) in [7, 11) is -4.27. The predicted molar refractivity (Wildman–Crippen MR) is 63.6 cm³/mol. The van der Waals surface area contributed by atoms with Crippen LogP contribution in [0.15, 0.2) is 18.2 Å². The maximum atomic E-state index is 11.1. The van der Waals surface area contributed by atoms with Crippen LogP contribution in [-0.2, 0) is 9.36 Å². The van der Waals surface area contributed by atoms with Crippen molar-refractivity contribution in [3.8, 4) is 0 Å². The summed E-state index contributed by atoms with van der Waals surface area (Å²) >= 11 is 0. The van der Waals surface area contributed by atoms with E-state index in [1.54, 1.807) is 6.92 Å². The standard InChI is InChI=1S/C10H14NO5P/c1-6-5-8(11-7(2)10(12)13)3-4-9(6)17(14,15)16/h3-5,7,11H,1-2H3,(H,12,13)(H2,14,15,16). The van der Waals surface area contributed by atoms with Crippen molar-refractivity contribution in [1.82, 2.24) is 0 Å². The van der Waals surface area contributed by atoms with Gasteiger partial charge in [-0.15, -0.1) is 0 Å². The monoisotopic (exact) mass is 259 g/mol. The highest BCUT2D eigenvalue weighted by molar-refractivity contribution is 7.60. The molecule has 0 aliphatic rings. The molecule has 0 saturated carbocycles. The third-order valence-corrected chi connectivity index (χ3v) is 3.39. The second-order valence-corrected chi connectivity index (χ2v) is 5.32. The lowest BCUT2D eigenvalue weighted by Crippen LogP contribution is -2.25. The van der Waals surface area contributed by atoms with Gasteiger partial charge < -0.3 is 20.2 Å². The average molecular weight is 259 g/mol. The predicted octanol–water partition coefficient (Wildman–Crippen LogP) is 0.683. The van der Waals surface area contributed by atoms with Crippen LogP contribution >= 0.6 is 7.60 Å². The third kappa shape index (κ3) is 3.56. The Labute approximate surface area is 98.4 Å². The molecule has 1 aromatic carbocycles. The van der Waals surface area contributed by atoms with E-state index in [1.165, 1.54) is 25.1 Å². The highest BCUT2D eigenvalue weighted by Gasteiger charge is 2.20. The minimum Gasteiger partial charge on any atom is -0.480 e. The lowest BCUT2D eigenvalue weighted by atomic mass is 10.2. The Bertz CT molecular complexity index is 482. The summed E-state index contributed by atoms with van der Waals surface area (Å²) in [5, 5.41) is 11.4. The molecule has 0 aliphatic carbocycles. The number of hydrogen-bond acceptors (Lipinski definition) is 3. The van der Waals surface area contributed by atoms with Crippen molar-refractivity contribution in [1.29, 1.82) is 0 Å². The van der Waals surface area contributed by atoms with Gasteiger partial charge in [0.05, 0.1) is 5.30 Å². The van der Waals surface area contributed by atoms with Gasteiger partial charge in [-0.25, -0.2) is 0 Å². The minimum absolute atomic E-state index is 0.0500. The fourth-order valence-corrected chi connectivity index (χ4v) is 2.18. The first-order valence-electron chi connectivity index (χ1n) is 4.88. The zero-order chi connectivity index (χ0) is 13.2. The Morgan fingerprint density at radius 3 is 2.41 bits per heavy atom. The molecule has 7 heteroatoms. The Morgan fingerprint density at radius 2 is 2.00 bits per heavy atom. The Hall–Kier alpha value is -1.36. The first-order valence-corrected chi connectivity index (χ1v) is 6.49. The molecule has 0 aliphatic heterocycles. The van der Waals surface area contributed by atoms with Gasteiger partial charge in [0, 0.05) is 5.69 Å². The number of anilines is 1. The number of hydrogen-bond donors (Lipinski definition) is 4. The van der Waals surface area contributed by atoms with Crippen LogP contribution in [0.1, 0.15) is 12.5 Å². The molecule has 0 amide bonds. The lowest BCUT2D eigenvalue weighted by molar-refractivity contribution is -0.137. The van der Waals surface area contributed by atoms with E-state index in [0.717, 1.165) is 0 Å². The van der Waals surface area contributed by atoms with Crippen molar-refractivity contribution in [3.05, 3.63) is 23.8 Å². The van der Waals surface area contributed by atoms with E-state index in [0.29, 0.717) is 11.3 Å². The van der Waals surface area contributed by atoms with E-state index >= 15 is 0 Å². The molecule has 0 aromatic heterocycles. The molecule has 0 saturated heterocycles. The van der Waals surface area contributed by atoms with Crippen LogP contribution in [0.25, 0.3) is 0 Å². The molecule has 94 valence electrons. The van der Waals surface area contributed by atoms with Crippen molar-refractivity contribution in [2.75, 3.05) is 5.32 Å². The van der Waals surface area contributed by atoms with Crippen LogP contribution in [-0.4, -0.2) is 26.9 Å². The molecule has 6 nitrogen and oxygen atoms in total. The zero-order valence-electron chi connectivity index (χ0n) is 9.41. The van der Waals surface area contributed by atoms with Gasteiger partial charge in [-0.1, -0.05) is 0 Å².